The van der Waals surface area contributed by atoms with E-state index in [0.29, 0.717) is 10.3 Å². The first kappa shape index (κ1) is 10.5. The largest absolute Gasteiger partial charge is 0.322 e. The fourth-order valence-corrected chi connectivity index (χ4v) is 2.75. The molecule has 0 radical (unpaired) electrons. The lowest BCUT2D eigenvalue weighted by Crippen LogP contribution is -2.32. The van der Waals surface area contributed by atoms with Crippen LogP contribution < -0.4 is 5.73 Å². The number of halogens is 2. The smallest absolute Gasteiger partial charge is 0.187 e. The zero-order chi connectivity index (χ0) is 9.19. The van der Waals surface area contributed by atoms with Gasteiger partial charge in [-0.15, -0.1) is 0 Å². The van der Waals surface area contributed by atoms with Gasteiger partial charge in [-0.3, -0.25) is 0 Å². The average molecular weight is 391 g/mol. The van der Waals surface area contributed by atoms with Crippen LogP contribution >= 0.6 is 45.2 Å². The van der Waals surface area contributed by atoms with Crippen molar-refractivity contribution in [1.29, 1.82) is 0 Å². The van der Waals surface area contributed by atoms with Crippen molar-refractivity contribution in [3.63, 3.8) is 0 Å². The highest BCUT2D eigenvalue weighted by molar-refractivity contribution is 14.1. The van der Waals surface area contributed by atoms with E-state index in [1.54, 1.807) is 6.21 Å². The number of aldehydes is 1. The summed E-state index contributed by atoms with van der Waals surface area (Å²) in [6.45, 7) is 0. The number of amidine groups is 1. The minimum Gasteiger partial charge on any atom is -0.322 e. The zero-order valence-corrected chi connectivity index (χ0v) is 10.4. The van der Waals surface area contributed by atoms with Crippen LogP contribution in [0.4, 0.5) is 0 Å². The molecule has 1 unspecified atom stereocenters. The number of alkyl halides is 1. The number of aliphatic imine (C=N–C) groups is 2. The van der Waals surface area contributed by atoms with Crippen LogP contribution in [0.15, 0.2) is 9.98 Å². The van der Waals surface area contributed by atoms with E-state index in [1.165, 1.54) is 0 Å². The summed E-state index contributed by atoms with van der Waals surface area (Å²) in [5.74, 6) is 0. The van der Waals surface area contributed by atoms with E-state index in [-0.39, 0.29) is 0 Å². The Morgan fingerprint density at radius 1 is 1.83 bits per heavy atom. The van der Waals surface area contributed by atoms with Crippen LogP contribution in [0.1, 0.15) is 6.42 Å². The summed E-state index contributed by atoms with van der Waals surface area (Å²) in [5, 5.41) is 0. The van der Waals surface area contributed by atoms with E-state index in [1.807, 2.05) is 22.6 Å². The molecular weight excluding hydrogens is 384 g/mol. The molecule has 1 heterocycles. The van der Waals surface area contributed by atoms with E-state index in [0.717, 1.165) is 6.29 Å². The van der Waals surface area contributed by atoms with Crippen LogP contribution in [0.2, 0.25) is 0 Å². The molecule has 6 heteroatoms. The second kappa shape index (κ2) is 4.09. The average Bonchev–Trinajstić information content (AvgIpc) is 2.30. The second-order valence-electron chi connectivity index (χ2n) is 2.46. The minimum atomic E-state index is -0.459. The predicted octanol–water partition coefficient (Wildman–Crippen LogP) is 0.909. The monoisotopic (exact) mass is 391 g/mol. The first-order valence-electron chi connectivity index (χ1n) is 3.26. The van der Waals surface area contributed by atoms with Crippen molar-refractivity contribution < 1.29 is 4.79 Å². The lowest BCUT2D eigenvalue weighted by Gasteiger charge is -2.15. The molecule has 1 rings (SSSR count). The van der Waals surface area contributed by atoms with E-state index < -0.39 is 9.59 Å². The van der Waals surface area contributed by atoms with Crippen LogP contribution in [0.3, 0.4) is 0 Å². The van der Waals surface area contributed by atoms with Gasteiger partial charge in [0.1, 0.15) is 6.29 Å². The Hall–Kier alpha value is 0.430. The maximum absolute atomic E-state index is 10.3. The Balaban J connectivity index is 2.63. The fourth-order valence-electron chi connectivity index (χ4n) is 0.840. The van der Waals surface area contributed by atoms with Crippen LogP contribution in [0.25, 0.3) is 0 Å². The number of nitrogens with two attached hydrogens (primary N) is 1. The molecule has 0 aliphatic carbocycles. The van der Waals surface area contributed by atoms with Gasteiger partial charge in [-0.1, -0.05) is 0 Å². The Morgan fingerprint density at radius 3 is 2.92 bits per heavy atom. The highest BCUT2D eigenvalue weighted by Gasteiger charge is 2.29. The van der Waals surface area contributed by atoms with E-state index in [9.17, 15) is 4.79 Å². The van der Waals surface area contributed by atoms with Gasteiger partial charge in [-0.25, -0.2) is 9.98 Å². The molecule has 12 heavy (non-hydrogen) atoms. The number of carbonyl (C=O) groups is 1. The second-order valence-corrected chi connectivity index (χ2v) is 5.29. The van der Waals surface area contributed by atoms with Gasteiger partial charge in [0.2, 0.25) is 0 Å². The molecule has 0 bridgehead atoms. The number of hydrogen-bond acceptors (Lipinski definition) is 4. The first-order valence-corrected chi connectivity index (χ1v) is 5.42. The molecule has 0 saturated carbocycles. The lowest BCUT2D eigenvalue weighted by atomic mass is 10.1. The molecule has 0 aromatic rings. The quantitative estimate of drug-likeness (QED) is 0.337. The SMILES string of the molecule is N[C@H](C=O)CC1(I)C=NC(I)=N1. The van der Waals surface area contributed by atoms with Gasteiger partial charge in [0, 0.05) is 35.2 Å². The predicted molar refractivity (Wildman–Crippen MR) is 65.4 cm³/mol. The van der Waals surface area contributed by atoms with Crippen LogP contribution in [-0.2, 0) is 4.79 Å². The molecule has 0 aromatic heterocycles. The molecule has 0 saturated heterocycles. The normalized spacial score (nSPS) is 30.1. The van der Waals surface area contributed by atoms with Gasteiger partial charge in [-0.05, 0) is 22.6 Å². The Bertz CT molecular complexity index is 253. The van der Waals surface area contributed by atoms with E-state index in [2.05, 4.69) is 32.6 Å². The molecule has 0 fully saturated rings. The summed E-state index contributed by atoms with van der Waals surface area (Å²) < 4.78 is 0.300. The van der Waals surface area contributed by atoms with Crippen LogP contribution in [0, 0.1) is 0 Å². The Kier molecular flexibility index (Phi) is 3.58. The van der Waals surface area contributed by atoms with Crippen molar-refractivity contribution in [1.82, 2.24) is 0 Å². The molecule has 0 spiro atoms. The molecule has 2 atom stereocenters. The van der Waals surface area contributed by atoms with Crippen molar-refractivity contribution in [3.8, 4) is 0 Å². The number of rotatable bonds is 3. The van der Waals surface area contributed by atoms with Gasteiger partial charge in [0.05, 0.1) is 6.04 Å². The molecule has 1 aliphatic heterocycles. The summed E-state index contributed by atoms with van der Waals surface area (Å²) in [7, 11) is 0. The molecule has 0 aromatic carbocycles. The molecule has 2 N–H and O–H groups in total. The van der Waals surface area contributed by atoms with Gasteiger partial charge in [0.25, 0.3) is 0 Å². The maximum Gasteiger partial charge on any atom is 0.187 e. The van der Waals surface area contributed by atoms with Gasteiger partial charge in [0.15, 0.2) is 7.39 Å². The van der Waals surface area contributed by atoms with Crippen molar-refractivity contribution in [3.05, 3.63) is 0 Å². The molecular formula is C6H7I2N3O. The van der Waals surface area contributed by atoms with Gasteiger partial charge in [-0.2, -0.15) is 0 Å². The standard InChI is InChI=1S/C6H7I2N3O/c7-5-10-3-6(8,11-5)1-4(9)2-12/h2-4H,1,9H2/t4-,6?/m0/s1. The number of nitrogens with zero attached hydrogens (tertiary/aromatic N) is 2. The maximum atomic E-state index is 10.3. The Morgan fingerprint density at radius 2 is 2.50 bits per heavy atom. The third-order valence-corrected chi connectivity index (χ3v) is 2.82. The highest BCUT2D eigenvalue weighted by atomic mass is 127. The summed E-state index contributed by atoms with van der Waals surface area (Å²) in [5.41, 5.74) is 5.48. The highest BCUT2D eigenvalue weighted by Crippen LogP contribution is 2.28. The lowest BCUT2D eigenvalue weighted by molar-refractivity contribution is -0.109. The topological polar surface area (TPSA) is 67.8 Å². The molecule has 66 valence electrons. The molecule has 4 nitrogen and oxygen atoms in total. The van der Waals surface area contributed by atoms with E-state index in [4.69, 9.17) is 5.73 Å². The zero-order valence-electron chi connectivity index (χ0n) is 6.08. The van der Waals surface area contributed by atoms with Gasteiger partial charge >= 0.3 is 0 Å². The molecule has 1 aliphatic rings. The van der Waals surface area contributed by atoms with Crippen molar-refractivity contribution >= 4 is 61.5 Å². The van der Waals surface area contributed by atoms with E-state index >= 15 is 0 Å². The van der Waals surface area contributed by atoms with Crippen LogP contribution in [0.5, 0.6) is 0 Å². The third kappa shape index (κ3) is 2.73. The van der Waals surface area contributed by atoms with Crippen molar-refractivity contribution in [2.24, 2.45) is 15.7 Å². The fraction of sp³-hybridized carbons (Fsp3) is 0.500. The summed E-state index contributed by atoms with van der Waals surface area (Å²) in [6.07, 6.45) is 2.96. The third-order valence-electron chi connectivity index (χ3n) is 1.34. The van der Waals surface area contributed by atoms with Crippen molar-refractivity contribution in [2.75, 3.05) is 0 Å². The summed E-state index contributed by atoms with van der Waals surface area (Å²) in [6, 6.07) is -0.459. The van der Waals surface area contributed by atoms with Crippen LogP contribution in [-0.4, -0.2) is 25.9 Å². The first-order chi connectivity index (χ1) is 5.56. The summed E-state index contributed by atoms with van der Waals surface area (Å²) >= 11 is 4.17. The number of hydrogen-bond donors (Lipinski definition) is 1. The van der Waals surface area contributed by atoms with Gasteiger partial charge < -0.3 is 10.5 Å². The molecule has 0 amide bonds. The van der Waals surface area contributed by atoms with Crippen molar-refractivity contribution in [2.45, 2.75) is 16.0 Å². The summed E-state index contributed by atoms with van der Waals surface area (Å²) in [4.78, 5) is 18.5. The Labute approximate surface area is 97.4 Å². The minimum absolute atomic E-state index is 0.408. The number of carbonyl (C=O) groups excluding carboxylic acids is 1.